The number of amides is 1. The normalized spacial score (nSPS) is 11.1. The Labute approximate surface area is 129 Å². The molecule has 2 N–H and O–H groups in total. The number of hydrogen-bond acceptors (Lipinski definition) is 3. The van der Waals surface area contributed by atoms with Gasteiger partial charge in [0.2, 0.25) is 5.91 Å². The van der Waals surface area contributed by atoms with Crippen molar-refractivity contribution < 1.29 is 23.8 Å². The van der Waals surface area contributed by atoms with Crippen molar-refractivity contribution in [3.63, 3.8) is 0 Å². The number of carbonyl (C=O) groups is 2. The number of aliphatic carboxylic acids is 1. The maximum atomic E-state index is 13.5. The third-order valence-electron chi connectivity index (χ3n) is 3.30. The molecule has 0 atom stereocenters. The van der Waals surface area contributed by atoms with E-state index in [-0.39, 0.29) is 24.5 Å². The van der Waals surface area contributed by atoms with E-state index in [1.807, 2.05) is 0 Å². The highest BCUT2D eigenvalue weighted by Crippen LogP contribution is 2.18. The summed E-state index contributed by atoms with van der Waals surface area (Å²) in [6.45, 7) is 3.56. The number of ether oxygens (including phenoxy) is 1. The molecular weight excluding hydrogens is 289 g/mol. The van der Waals surface area contributed by atoms with Gasteiger partial charge in [0, 0.05) is 18.4 Å². The maximum absolute atomic E-state index is 13.5. The Morgan fingerprint density at radius 2 is 2.00 bits per heavy atom. The lowest BCUT2D eigenvalue weighted by atomic mass is 9.98. The second kappa shape index (κ2) is 7.77. The first-order valence-corrected chi connectivity index (χ1v) is 7.09. The fourth-order valence-corrected chi connectivity index (χ4v) is 2.05. The number of hydrogen-bond donors (Lipinski definition) is 2. The van der Waals surface area contributed by atoms with Crippen LogP contribution in [0, 0.1) is 5.82 Å². The summed E-state index contributed by atoms with van der Waals surface area (Å²) in [6.07, 6.45) is 0.965. The van der Waals surface area contributed by atoms with Crippen molar-refractivity contribution in [3.8, 4) is 5.75 Å². The Morgan fingerprint density at radius 1 is 1.32 bits per heavy atom. The summed E-state index contributed by atoms with van der Waals surface area (Å²) in [5, 5.41) is 11.5. The molecule has 0 spiro atoms. The van der Waals surface area contributed by atoms with Crippen molar-refractivity contribution in [2.45, 2.75) is 45.1 Å². The summed E-state index contributed by atoms with van der Waals surface area (Å²) >= 11 is 0. The van der Waals surface area contributed by atoms with E-state index in [1.54, 1.807) is 19.9 Å². The van der Waals surface area contributed by atoms with Gasteiger partial charge in [0.1, 0.15) is 0 Å². The third-order valence-corrected chi connectivity index (χ3v) is 3.30. The van der Waals surface area contributed by atoms with Gasteiger partial charge in [0.15, 0.2) is 11.6 Å². The molecule has 1 aromatic carbocycles. The van der Waals surface area contributed by atoms with Crippen molar-refractivity contribution >= 4 is 11.9 Å². The molecular formula is C16H22FNO4. The molecule has 6 heteroatoms. The van der Waals surface area contributed by atoms with E-state index in [9.17, 15) is 14.0 Å². The molecule has 0 radical (unpaired) electrons. The number of carboxylic acids is 1. The molecule has 122 valence electrons. The Balaban J connectivity index is 2.48. The first-order chi connectivity index (χ1) is 10.2. The first-order valence-electron chi connectivity index (χ1n) is 7.09. The molecule has 0 unspecified atom stereocenters. The number of aryl methyl sites for hydroxylation is 1. The Kier molecular flexibility index (Phi) is 6.34. The number of methoxy groups -OCH3 is 1. The molecule has 0 aliphatic carbocycles. The Hall–Kier alpha value is -2.11. The van der Waals surface area contributed by atoms with Gasteiger partial charge >= 0.3 is 5.97 Å². The van der Waals surface area contributed by atoms with Crippen LogP contribution in [0.5, 0.6) is 5.75 Å². The second-order valence-electron chi connectivity index (χ2n) is 5.79. The van der Waals surface area contributed by atoms with Gasteiger partial charge in [-0.2, -0.15) is 0 Å². The molecule has 0 saturated heterocycles. The van der Waals surface area contributed by atoms with Crippen LogP contribution in [0.3, 0.4) is 0 Å². The first kappa shape index (κ1) is 17.9. The summed E-state index contributed by atoms with van der Waals surface area (Å²) in [5.41, 5.74) is 0.123. The third kappa shape index (κ3) is 6.11. The van der Waals surface area contributed by atoms with Crippen LogP contribution in [0.2, 0.25) is 0 Å². The number of carboxylic acid groups (broad SMARTS) is 1. The van der Waals surface area contributed by atoms with Crippen LogP contribution >= 0.6 is 0 Å². The van der Waals surface area contributed by atoms with Crippen molar-refractivity contribution in [2.24, 2.45) is 0 Å². The highest BCUT2D eigenvalue weighted by atomic mass is 19.1. The molecule has 5 nitrogen and oxygen atoms in total. The largest absolute Gasteiger partial charge is 0.494 e. The lowest BCUT2D eigenvalue weighted by Crippen LogP contribution is -2.43. The van der Waals surface area contributed by atoms with Crippen LogP contribution in [0.4, 0.5) is 4.39 Å². The summed E-state index contributed by atoms with van der Waals surface area (Å²) < 4.78 is 18.4. The van der Waals surface area contributed by atoms with Crippen molar-refractivity contribution in [1.29, 1.82) is 0 Å². The molecule has 1 amide bonds. The van der Waals surface area contributed by atoms with Gasteiger partial charge in [-0.25, -0.2) is 4.39 Å². The van der Waals surface area contributed by atoms with Gasteiger partial charge in [0.25, 0.3) is 0 Å². The summed E-state index contributed by atoms with van der Waals surface area (Å²) in [7, 11) is 1.39. The lowest BCUT2D eigenvalue weighted by Gasteiger charge is -2.25. The van der Waals surface area contributed by atoms with Crippen LogP contribution in [0.15, 0.2) is 18.2 Å². The van der Waals surface area contributed by atoms with Gasteiger partial charge in [-0.05, 0) is 44.4 Å². The number of halogens is 1. The Bertz CT molecular complexity index is 543. The monoisotopic (exact) mass is 311 g/mol. The minimum Gasteiger partial charge on any atom is -0.494 e. The van der Waals surface area contributed by atoms with Crippen LogP contribution in [0.1, 0.15) is 38.7 Å². The average Bonchev–Trinajstić information content (AvgIpc) is 2.43. The number of rotatable bonds is 8. The maximum Gasteiger partial charge on any atom is 0.303 e. The fraction of sp³-hybridized carbons (Fsp3) is 0.500. The van der Waals surface area contributed by atoms with Crippen molar-refractivity contribution in [1.82, 2.24) is 5.32 Å². The molecule has 22 heavy (non-hydrogen) atoms. The number of benzene rings is 1. The smallest absolute Gasteiger partial charge is 0.303 e. The van der Waals surface area contributed by atoms with Crippen molar-refractivity contribution in [3.05, 3.63) is 29.6 Å². The quantitative estimate of drug-likeness (QED) is 0.773. The molecule has 0 aromatic heterocycles. The fourth-order valence-electron chi connectivity index (χ4n) is 2.05. The van der Waals surface area contributed by atoms with Crippen LogP contribution in [-0.2, 0) is 16.0 Å². The van der Waals surface area contributed by atoms with E-state index in [0.717, 1.165) is 0 Å². The standard InChI is InChI=1S/C16H22FNO4/c1-16(2,9-8-15(20)21)18-14(19)7-5-11-4-6-13(22-3)12(17)10-11/h4,6,10H,5,7-9H2,1-3H3,(H,18,19)(H,20,21). The molecule has 0 fully saturated rings. The molecule has 0 bridgehead atoms. The summed E-state index contributed by atoms with van der Waals surface area (Å²) in [6, 6.07) is 4.59. The molecule has 1 aromatic rings. The minimum atomic E-state index is -0.893. The predicted molar refractivity (Wildman–Crippen MR) is 80.4 cm³/mol. The molecule has 0 aliphatic heterocycles. The zero-order chi connectivity index (χ0) is 16.8. The van der Waals surface area contributed by atoms with E-state index in [2.05, 4.69) is 5.32 Å². The molecule has 0 heterocycles. The van der Waals surface area contributed by atoms with Gasteiger partial charge in [0.05, 0.1) is 7.11 Å². The van der Waals surface area contributed by atoms with Crippen LogP contribution < -0.4 is 10.1 Å². The topological polar surface area (TPSA) is 75.6 Å². The van der Waals surface area contributed by atoms with Crippen LogP contribution in [0.25, 0.3) is 0 Å². The predicted octanol–water partition coefficient (Wildman–Crippen LogP) is 2.53. The zero-order valence-corrected chi connectivity index (χ0v) is 13.1. The second-order valence-corrected chi connectivity index (χ2v) is 5.79. The minimum absolute atomic E-state index is 0.00300. The number of carbonyl (C=O) groups excluding carboxylic acids is 1. The van der Waals surface area contributed by atoms with Gasteiger partial charge in [-0.15, -0.1) is 0 Å². The van der Waals surface area contributed by atoms with Gasteiger partial charge in [-0.3, -0.25) is 9.59 Å². The van der Waals surface area contributed by atoms with E-state index in [1.165, 1.54) is 19.2 Å². The average molecular weight is 311 g/mol. The van der Waals surface area contributed by atoms with E-state index < -0.39 is 17.3 Å². The van der Waals surface area contributed by atoms with Crippen LogP contribution in [-0.4, -0.2) is 29.6 Å². The molecule has 1 rings (SSSR count). The molecule has 0 saturated carbocycles. The summed E-state index contributed by atoms with van der Waals surface area (Å²) in [5.74, 6) is -1.37. The highest BCUT2D eigenvalue weighted by molar-refractivity contribution is 5.77. The summed E-state index contributed by atoms with van der Waals surface area (Å²) in [4.78, 5) is 22.5. The van der Waals surface area contributed by atoms with E-state index >= 15 is 0 Å². The zero-order valence-electron chi connectivity index (χ0n) is 13.1. The lowest BCUT2D eigenvalue weighted by molar-refractivity contribution is -0.137. The molecule has 0 aliphatic rings. The highest BCUT2D eigenvalue weighted by Gasteiger charge is 2.21. The SMILES string of the molecule is COc1ccc(CCC(=O)NC(C)(C)CCC(=O)O)cc1F. The van der Waals surface area contributed by atoms with E-state index in [4.69, 9.17) is 9.84 Å². The van der Waals surface area contributed by atoms with Gasteiger partial charge < -0.3 is 15.2 Å². The van der Waals surface area contributed by atoms with Crippen molar-refractivity contribution in [2.75, 3.05) is 7.11 Å². The van der Waals surface area contributed by atoms with Gasteiger partial charge in [-0.1, -0.05) is 6.07 Å². The number of nitrogens with one attached hydrogen (secondary N) is 1. The Morgan fingerprint density at radius 3 is 2.55 bits per heavy atom. The van der Waals surface area contributed by atoms with E-state index in [0.29, 0.717) is 18.4 Å².